The zero-order valence-corrected chi connectivity index (χ0v) is 17.8. The Bertz CT molecular complexity index is 1080. The summed E-state index contributed by atoms with van der Waals surface area (Å²) in [5, 5.41) is 9.80. The van der Waals surface area contributed by atoms with Gasteiger partial charge in [0.1, 0.15) is 11.5 Å². The van der Waals surface area contributed by atoms with Gasteiger partial charge in [-0.05, 0) is 83.6 Å². The number of ether oxygens (including phenoxy) is 1. The Morgan fingerprint density at radius 1 is 1.21 bits per heavy atom. The molecule has 0 saturated heterocycles. The molecule has 3 aromatic rings. The van der Waals surface area contributed by atoms with Crippen molar-refractivity contribution in [2.24, 2.45) is 0 Å². The van der Waals surface area contributed by atoms with Crippen molar-refractivity contribution >= 4 is 51.8 Å². The molecular weight excluding hydrogens is 489 g/mol. The van der Waals surface area contributed by atoms with Crippen molar-refractivity contribution in [2.75, 3.05) is 6.61 Å². The number of hydrogen-bond donors (Lipinski definition) is 0. The van der Waals surface area contributed by atoms with E-state index in [1.54, 1.807) is 43.3 Å². The van der Waals surface area contributed by atoms with Crippen LogP contribution in [0.3, 0.4) is 0 Å². The number of hydrogen-bond acceptors (Lipinski definition) is 4. The minimum atomic E-state index is -0.480. The predicted octanol–water partition coefficient (Wildman–Crippen LogP) is 6.45. The van der Waals surface area contributed by atoms with E-state index in [9.17, 15) is 10.1 Å². The summed E-state index contributed by atoms with van der Waals surface area (Å²) in [5.74, 6) is 0.623. The van der Waals surface area contributed by atoms with Crippen LogP contribution in [-0.4, -0.2) is 12.6 Å². The van der Waals surface area contributed by atoms with Crippen molar-refractivity contribution in [3.05, 3.63) is 80.1 Å². The molecule has 0 aliphatic carbocycles. The van der Waals surface area contributed by atoms with E-state index in [0.717, 1.165) is 9.13 Å². The Labute approximate surface area is 181 Å². The number of nitrogens with zero attached hydrogens (tertiary/aromatic N) is 1. The molecule has 28 heavy (non-hydrogen) atoms. The normalized spacial score (nSPS) is 11.1. The van der Waals surface area contributed by atoms with Crippen molar-refractivity contribution in [3.8, 4) is 17.4 Å². The van der Waals surface area contributed by atoms with Crippen LogP contribution in [0.4, 0.5) is 0 Å². The lowest BCUT2D eigenvalue weighted by molar-refractivity contribution is 0.0526. The van der Waals surface area contributed by atoms with E-state index >= 15 is 0 Å². The second-order valence-corrected chi connectivity index (χ2v) is 7.45. The zero-order chi connectivity index (χ0) is 20.1. The van der Waals surface area contributed by atoms with Gasteiger partial charge in [0, 0.05) is 9.13 Å². The summed E-state index contributed by atoms with van der Waals surface area (Å²) in [5.41, 5.74) is 2.29. The number of esters is 1. The fourth-order valence-electron chi connectivity index (χ4n) is 2.58. The van der Waals surface area contributed by atoms with Crippen molar-refractivity contribution in [3.63, 3.8) is 0 Å². The van der Waals surface area contributed by atoms with Gasteiger partial charge in [0.25, 0.3) is 0 Å². The van der Waals surface area contributed by atoms with E-state index in [0.29, 0.717) is 27.7 Å². The van der Waals surface area contributed by atoms with Gasteiger partial charge in [-0.1, -0.05) is 23.7 Å². The quantitative estimate of drug-likeness (QED) is 0.228. The highest BCUT2D eigenvalue weighted by Crippen LogP contribution is 2.29. The molecule has 2 aromatic carbocycles. The Hall–Kier alpha value is -2.56. The number of furan rings is 1. The van der Waals surface area contributed by atoms with Crippen LogP contribution in [0, 0.1) is 14.9 Å². The van der Waals surface area contributed by atoms with E-state index in [1.807, 2.05) is 24.3 Å². The zero-order valence-electron chi connectivity index (χ0n) is 14.9. The topological polar surface area (TPSA) is 63.2 Å². The molecule has 1 heterocycles. The monoisotopic (exact) mass is 503 g/mol. The number of halogens is 2. The molecule has 0 bridgehead atoms. The van der Waals surface area contributed by atoms with E-state index in [4.69, 9.17) is 20.8 Å². The average molecular weight is 504 g/mol. The molecule has 1 aromatic heterocycles. The van der Waals surface area contributed by atoms with Gasteiger partial charge >= 0.3 is 5.97 Å². The van der Waals surface area contributed by atoms with Crippen LogP contribution >= 0.6 is 34.2 Å². The van der Waals surface area contributed by atoms with E-state index in [-0.39, 0.29) is 12.2 Å². The Balaban J connectivity index is 1.92. The molecule has 0 amide bonds. The second kappa shape index (κ2) is 9.09. The van der Waals surface area contributed by atoms with Crippen molar-refractivity contribution in [1.29, 1.82) is 5.26 Å². The lowest BCUT2D eigenvalue weighted by Crippen LogP contribution is -2.05. The number of allylic oxidation sites excluding steroid dienone is 1. The van der Waals surface area contributed by atoms with Crippen LogP contribution in [0.25, 0.3) is 23.0 Å². The lowest BCUT2D eigenvalue weighted by Gasteiger charge is -2.06. The fraction of sp³-hybridized carbons (Fsp3) is 0.0909. The molecule has 0 fully saturated rings. The molecular formula is C22H15ClINO3. The molecule has 140 valence electrons. The van der Waals surface area contributed by atoms with Crippen LogP contribution in [0.5, 0.6) is 0 Å². The summed E-state index contributed by atoms with van der Waals surface area (Å²) in [6, 6.07) is 18.5. The highest BCUT2D eigenvalue weighted by atomic mass is 127. The van der Waals surface area contributed by atoms with Gasteiger partial charge in [0.05, 0.1) is 28.8 Å². The SMILES string of the molecule is CCOC(=O)c1cc(-c2ccc(/C=C(/C#N)c3ccc(I)cc3)o2)ccc1Cl. The fourth-order valence-corrected chi connectivity index (χ4v) is 3.14. The van der Waals surface area contributed by atoms with Crippen LogP contribution < -0.4 is 0 Å². The Kier molecular flexibility index (Phi) is 6.55. The van der Waals surface area contributed by atoms with Gasteiger partial charge in [0.2, 0.25) is 0 Å². The van der Waals surface area contributed by atoms with Gasteiger partial charge in [0.15, 0.2) is 0 Å². The smallest absolute Gasteiger partial charge is 0.339 e. The molecule has 0 unspecified atom stereocenters. The lowest BCUT2D eigenvalue weighted by atomic mass is 10.1. The van der Waals surface area contributed by atoms with E-state index < -0.39 is 5.97 Å². The van der Waals surface area contributed by atoms with Crippen molar-refractivity contribution in [1.82, 2.24) is 0 Å². The maximum atomic E-state index is 12.0. The summed E-state index contributed by atoms with van der Waals surface area (Å²) < 4.78 is 12.0. The van der Waals surface area contributed by atoms with Crippen molar-refractivity contribution in [2.45, 2.75) is 6.92 Å². The summed E-state index contributed by atoms with van der Waals surface area (Å²) >= 11 is 8.33. The first-order valence-corrected chi connectivity index (χ1v) is 9.92. The highest BCUT2D eigenvalue weighted by Gasteiger charge is 2.14. The van der Waals surface area contributed by atoms with Crippen LogP contribution in [0.2, 0.25) is 5.02 Å². The van der Waals surface area contributed by atoms with Gasteiger partial charge in [-0.15, -0.1) is 0 Å². The third-order valence-corrected chi connectivity index (χ3v) is 4.98. The Morgan fingerprint density at radius 2 is 1.96 bits per heavy atom. The molecule has 0 aliphatic heterocycles. The number of nitriles is 1. The molecule has 0 spiro atoms. The first kappa shape index (κ1) is 20.2. The van der Waals surface area contributed by atoms with E-state index in [2.05, 4.69) is 28.7 Å². The maximum absolute atomic E-state index is 12.0. The largest absolute Gasteiger partial charge is 0.462 e. The third-order valence-electron chi connectivity index (χ3n) is 3.94. The van der Waals surface area contributed by atoms with E-state index in [1.165, 1.54) is 0 Å². The summed E-state index contributed by atoms with van der Waals surface area (Å²) in [6.45, 7) is 2.01. The summed E-state index contributed by atoms with van der Waals surface area (Å²) in [7, 11) is 0. The number of carbonyl (C=O) groups excluding carboxylic acids is 1. The predicted molar refractivity (Wildman–Crippen MR) is 118 cm³/mol. The van der Waals surface area contributed by atoms with Gasteiger partial charge < -0.3 is 9.15 Å². The molecule has 0 radical (unpaired) electrons. The average Bonchev–Trinajstić information content (AvgIpc) is 3.16. The molecule has 0 atom stereocenters. The molecule has 6 heteroatoms. The number of rotatable bonds is 5. The van der Waals surface area contributed by atoms with Gasteiger partial charge in [-0.3, -0.25) is 0 Å². The van der Waals surface area contributed by atoms with Crippen LogP contribution in [-0.2, 0) is 4.74 Å². The minimum absolute atomic E-state index is 0.268. The molecule has 0 N–H and O–H groups in total. The molecule has 3 rings (SSSR count). The molecule has 4 nitrogen and oxygen atoms in total. The third kappa shape index (κ3) is 4.64. The standard InChI is InChI=1S/C22H15ClINO3/c1-2-27-22(26)19-12-15(5-9-20(19)23)21-10-8-18(28-21)11-16(13-25)14-3-6-17(24)7-4-14/h3-12H,2H2,1H3/b16-11-. The summed E-state index contributed by atoms with van der Waals surface area (Å²) in [4.78, 5) is 12.0. The second-order valence-electron chi connectivity index (χ2n) is 5.79. The molecule has 0 saturated carbocycles. The highest BCUT2D eigenvalue weighted by molar-refractivity contribution is 14.1. The van der Waals surface area contributed by atoms with Gasteiger partial charge in [-0.2, -0.15) is 5.26 Å². The van der Waals surface area contributed by atoms with Crippen LogP contribution in [0.1, 0.15) is 28.6 Å². The maximum Gasteiger partial charge on any atom is 0.339 e. The Morgan fingerprint density at radius 3 is 2.64 bits per heavy atom. The first-order chi connectivity index (χ1) is 13.5. The summed E-state index contributed by atoms with van der Waals surface area (Å²) in [6.07, 6.45) is 1.69. The molecule has 0 aliphatic rings. The number of carbonyl (C=O) groups is 1. The van der Waals surface area contributed by atoms with Gasteiger partial charge in [-0.25, -0.2) is 4.79 Å². The number of benzene rings is 2. The minimum Gasteiger partial charge on any atom is -0.462 e. The van der Waals surface area contributed by atoms with Crippen LogP contribution in [0.15, 0.2) is 59.0 Å². The first-order valence-electron chi connectivity index (χ1n) is 8.46. The van der Waals surface area contributed by atoms with Crippen molar-refractivity contribution < 1.29 is 13.9 Å².